The van der Waals surface area contributed by atoms with E-state index in [1.807, 2.05) is 18.2 Å². The molecule has 0 saturated heterocycles. The Hall–Kier alpha value is -1.92. The van der Waals surface area contributed by atoms with E-state index in [1.54, 1.807) is 11.8 Å². The molecular formula is C18H20N2S. The van der Waals surface area contributed by atoms with Gasteiger partial charge in [0, 0.05) is 10.9 Å². The van der Waals surface area contributed by atoms with Crippen LogP contribution in [0.4, 0.5) is 5.69 Å². The molecule has 0 heterocycles. The van der Waals surface area contributed by atoms with E-state index in [2.05, 4.69) is 56.4 Å². The smallest absolute Gasteiger partial charge is 0.102 e. The molecule has 2 aromatic carbocycles. The van der Waals surface area contributed by atoms with Gasteiger partial charge in [0.05, 0.1) is 11.3 Å². The minimum atomic E-state index is 0.166. The Balaban J connectivity index is 2.25. The molecule has 1 unspecified atom stereocenters. The third kappa shape index (κ3) is 3.80. The maximum atomic E-state index is 9.44. The van der Waals surface area contributed by atoms with Gasteiger partial charge >= 0.3 is 0 Å². The van der Waals surface area contributed by atoms with Crippen LogP contribution in [0.3, 0.4) is 0 Å². The third-order valence-corrected chi connectivity index (χ3v) is 4.33. The fourth-order valence-corrected chi connectivity index (χ4v) is 3.00. The maximum absolute atomic E-state index is 9.44. The minimum Gasteiger partial charge on any atom is -0.377 e. The fraction of sp³-hybridized carbons (Fsp3) is 0.278. The SMILES string of the molecule is CCSc1cccc(NC(C)c2ccc(C)cc2)c1C#N. The molecule has 2 rings (SSSR count). The van der Waals surface area contributed by atoms with Crippen molar-refractivity contribution in [1.82, 2.24) is 0 Å². The first kappa shape index (κ1) is 15.5. The van der Waals surface area contributed by atoms with Crippen LogP contribution in [-0.4, -0.2) is 5.75 Å². The molecule has 0 amide bonds. The number of anilines is 1. The predicted octanol–water partition coefficient (Wildman–Crippen LogP) is 5.15. The van der Waals surface area contributed by atoms with Gasteiger partial charge in [-0.15, -0.1) is 11.8 Å². The van der Waals surface area contributed by atoms with Crippen LogP contribution >= 0.6 is 11.8 Å². The second kappa shape index (κ2) is 7.19. The Kier molecular flexibility index (Phi) is 5.30. The molecule has 108 valence electrons. The highest BCUT2D eigenvalue weighted by atomic mass is 32.2. The summed E-state index contributed by atoms with van der Waals surface area (Å²) in [6.45, 7) is 6.30. The number of nitriles is 1. The molecule has 0 aromatic heterocycles. The monoisotopic (exact) mass is 296 g/mol. The van der Waals surface area contributed by atoms with Gasteiger partial charge in [0.1, 0.15) is 6.07 Å². The molecule has 3 heteroatoms. The zero-order valence-electron chi connectivity index (χ0n) is 12.7. The van der Waals surface area contributed by atoms with Crippen molar-refractivity contribution in [3.63, 3.8) is 0 Å². The summed E-state index contributed by atoms with van der Waals surface area (Å²) in [6.07, 6.45) is 0. The molecule has 1 atom stereocenters. The van der Waals surface area contributed by atoms with E-state index in [9.17, 15) is 5.26 Å². The van der Waals surface area contributed by atoms with Gasteiger partial charge in [0.25, 0.3) is 0 Å². The zero-order chi connectivity index (χ0) is 15.2. The number of benzene rings is 2. The molecular weight excluding hydrogens is 276 g/mol. The molecule has 0 radical (unpaired) electrons. The number of hydrogen-bond acceptors (Lipinski definition) is 3. The summed E-state index contributed by atoms with van der Waals surface area (Å²) in [5.74, 6) is 0.964. The summed E-state index contributed by atoms with van der Waals surface area (Å²) in [4.78, 5) is 1.04. The molecule has 0 aliphatic carbocycles. The lowest BCUT2D eigenvalue weighted by Crippen LogP contribution is -2.08. The van der Waals surface area contributed by atoms with Crippen molar-refractivity contribution in [3.05, 3.63) is 59.2 Å². The van der Waals surface area contributed by atoms with Crippen LogP contribution in [0.1, 0.15) is 36.6 Å². The van der Waals surface area contributed by atoms with Crippen LogP contribution in [0.25, 0.3) is 0 Å². The van der Waals surface area contributed by atoms with E-state index in [0.29, 0.717) is 0 Å². The summed E-state index contributed by atoms with van der Waals surface area (Å²) in [6, 6.07) is 17.0. The molecule has 0 fully saturated rings. The standard InChI is InChI=1S/C18H20N2S/c1-4-21-18-7-5-6-17(16(18)12-19)20-14(3)15-10-8-13(2)9-11-15/h5-11,14,20H,4H2,1-3H3. The van der Waals surface area contributed by atoms with Crippen LogP contribution < -0.4 is 5.32 Å². The average Bonchev–Trinajstić information content (AvgIpc) is 2.48. The first-order valence-corrected chi connectivity index (χ1v) is 8.13. The molecule has 0 spiro atoms. The Bertz CT molecular complexity index is 641. The van der Waals surface area contributed by atoms with E-state index in [1.165, 1.54) is 11.1 Å². The van der Waals surface area contributed by atoms with E-state index in [0.717, 1.165) is 21.9 Å². The van der Waals surface area contributed by atoms with Crippen molar-refractivity contribution >= 4 is 17.4 Å². The second-order valence-corrected chi connectivity index (χ2v) is 6.31. The summed E-state index contributed by atoms with van der Waals surface area (Å²) in [5.41, 5.74) is 4.12. The van der Waals surface area contributed by atoms with Crippen LogP contribution in [0.15, 0.2) is 47.4 Å². The van der Waals surface area contributed by atoms with Gasteiger partial charge < -0.3 is 5.32 Å². The highest BCUT2D eigenvalue weighted by Gasteiger charge is 2.11. The number of nitrogens with zero attached hydrogens (tertiary/aromatic N) is 1. The van der Waals surface area contributed by atoms with Gasteiger partial charge in [-0.2, -0.15) is 5.26 Å². The maximum Gasteiger partial charge on any atom is 0.102 e. The average molecular weight is 296 g/mol. The topological polar surface area (TPSA) is 35.8 Å². The van der Waals surface area contributed by atoms with Crippen LogP contribution in [-0.2, 0) is 0 Å². The molecule has 2 nitrogen and oxygen atoms in total. The van der Waals surface area contributed by atoms with Crippen LogP contribution in [0.2, 0.25) is 0 Å². The normalized spacial score (nSPS) is 11.7. The fourth-order valence-electron chi connectivity index (χ4n) is 2.21. The quantitative estimate of drug-likeness (QED) is 0.775. The first-order chi connectivity index (χ1) is 10.2. The summed E-state index contributed by atoms with van der Waals surface area (Å²) < 4.78 is 0. The van der Waals surface area contributed by atoms with E-state index in [4.69, 9.17) is 0 Å². The van der Waals surface area contributed by atoms with E-state index in [-0.39, 0.29) is 6.04 Å². The largest absolute Gasteiger partial charge is 0.377 e. The van der Waals surface area contributed by atoms with Crippen molar-refractivity contribution in [2.75, 3.05) is 11.1 Å². The first-order valence-electron chi connectivity index (χ1n) is 7.14. The second-order valence-electron chi connectivity index (χ2n) is 5.00. The zero-order valence-corrected chi connectivity index (χ0v) is 13.5. The summed E-state index contributed by atoms with van der Waals surface area (Å²) in [7, 11) is 0. The highest BCUT2D eigenvalue weighted by molar-refractivity contribution is 7.99. The van der Waals surface area contributed by atoms with Gasteiger partial charge in [-0.05, 0) is 37.3 Å². The van der Waals surface area contributed by atoms with Crippen molar-refractivity contribution in [2.24, 2.45) is 0 Å². The summed E-state index contributed by atoms with van der Waals surface area (Å²) in [5, 5.41) is 12.9. The number of thioether (sulfide) groups is 1. The lowest BCUT2D eigenvalue weighted by Gasteiger charge is -2.18. The Morgan fingerprint density at radius 1 is 1.19 bits per heavy atom. The molecule has 0 aliphatic rings. The van der Waals surface area contributed by atoms with E-state index < -0.39 is 0 Å². The summed E-state index contributed by atoms with van der Waals surface area (Å²) >= 11 is 1.70. The van der Waals surface area contributed by atoms with Crippen LogP contribution in [0, 0.1) is 18.3 Å². The van der Waals surface area contributed by atoms with Gasteiger partial charge in [-0.3, -0.25) is 0 Å². The molecule has 0 aliphatic heterocycles. The van der Waals surface area contributed by atoms with Crippen LogP contribution in [0.5, 0.6) is 0 Å². The van der Waals surface area contributed by atoms with Gasteiger partial charge in [0.2, 0.25) is 0 Å². The van der Waals surface area contributed by atoms with E-state index >= 15 is 0 Å². The van der Waals surface area contributed by atoms with Gasteiger partial charge in [-0.1, -0.05) is 42.8 Å². The van der Waals surface area contributed by atoms with Gasteiger partial charge in [0.15, 0.2) is 0 Å². The minimum absolute atomic E-state index is 0.166. The number of nitrogens with one attached hydrogen (secondary N) is 1. The van der Waals surface area contributed by atoms with Gasteiger partial charge in [-0.25, -0.2) is 0 Å². The molecule has 2 aromatic rings. The number of rotatable bonds is 5. The van der Waals surface area contributed by atoms with Crippen molar-refractivity contribution in [3.8, 4) is 6.07 Å². The Morgan fingerprint density at radius 2 is 1.90 bits per heavy atom. The molecule has 0 bridgehead atoms. The van der Waals surface area contributed by atoms with Crippen molar-refractivity contribution in [1.29, 1.82) is 5.26 Å². The number of aryl methyl sites for hydroxylation is 1. The molecule has 0 saturated carbocycles. The molecule has 21 heavy (non-hydrogen) atoms. The van der Waals surface area contributed by atoms with Crippen molar-refractivity contribution < 1.29 is 0 Å². The molecule has 1 N–H and O–H groups in total. The Morgan fingerprint density at radius 3 is 2.52 bits per heavy atom. The lowest BCUT2D eigenvalue weighted by atomic mass is 10.1. The Labute approximate surface area is 131 Å². The lowest BCUT2D eigenvalue weighted by molar-refractivity contribution is 0.882. The number of hydrogen-bond donors (Lipinski definition) is 1. The van der Waals surface area contributed by atoms with Crippen molar-refractivity contribution in [2.45, 2.75) is 31.7 Å². The predicted molar refractivity (Wildman–Crippen MR) is 90.8 cm³/mol. The highest BCUT2D eigenvalue weighted by Crippen LogP contribution is 2.30. The third-order valence-electron chi connectivity index (χ3n) is 3.39.